The molecule has 0 aromatic heterocycles. The Morgan fingerprint density at radius 2 is 2.05 bits per heavy atom. The lowest BCUT2D eigenvalue weighted by Gasteiger charge is -2.12. The van der Waals surface area contributed by atoms with Crippen molar-refractivity contribution < 1.29 is 9.53 Å². The molecule has 1 aliphatic heterocycles. The summed E-state index contributed by atoms with van der Waals surface area (Å²) in [5, 5.41) is 2.93. The van der Waals surface area contributed by atoms with E-state index >= 15 is 0 Å². The predicted octanol–water partition coefficient (Wildman–Crippen LogP) is 3.95. The molecule has 21 heavy (non-hydrogen) atoms. The predicted molar refractivity (Wildman–Crippen MR) is 88.7 cm³/mol. The highest BCUT2D eigenvalue weighted by atomic mass is 79.9. The molecule has 0 spiro atoms. The zero-order valence-electron chi connectivity index (χ0n) is 11.1. The summed E-state index contributed by atoms with van der Waals surface area (Å²) in [6.45, 7) is 0.493. The first-order valence-corrected chi connectivity index (χ1v) is 8.20. The van der Waals surface area contributed by atoms with Crippen LogP contribution in [0.25, 0.3) is 0 Å². The number of amides is 1. The molecule has 0 fully saturated rings. The average molecular weight is 411 g/mol. The molecule has 0 radical (unpaired) electrons. The van der Waals surface area contributed by atoms with Gasteiger partial charge in [0.2, 0.25) is 0 Å². The number of benzene rings is 2. The van der Waals surface area contributed by atoms with E-state index in [1.165, 1.54) is 5.56 Å². The molecule has 2 aromatic carbocycles. The minimum atomic E-state index is -0.109. The SMILES string of the molecule is O=C(NCC1Cc2ccccc2O1)c1cc(Br)ccc1Br. The summed E-state index contributed by atoms with van der Waals surface area (Å²) in [6, 6.07) is 13.5. The van der Waals surface area contributed by atoms with E-state index in [1.54, 1.807) is 6.07 Å². The summed E-state index contributed by atoms with van der Waals surface area (Å²) >= 11 is 6.77. The molecule has 108 valence electrons. The fraction of sp³-hybridized carbons (Fsp3) is 0.188. The second kappa shape index (κ2) is 6.20. The van der Waals surface area contributed by atoms with Crippen LogP contribution in [0.15, 0.2) is 51.4 Å². The Morgan fingerprint density at radius 3 is 2.86 bits per heavy atom. The van der Waals surface area contributed by atoms with Gasteiger partial charge in [-0.3, -0.25) is 4.79 Å². The van der Waals surface area contributed by atoms with E-state index in [0.29, 0.717) is 12.1 Å². The van der Waals surface area contributed by atoms with E-state index in [9.17, 15) is 4.79 Å². The zero-order chi connectivity index (χ0) is 14.8. The zero-order valence-corrected chi connectivity index (χ0v) is 14.3. The van der Waals surface area contributed by atoms with Crippen molar-refractivity contribution in [1.82, 2.24) is 5.32 Å². The number of rotatable bonds is 3. The third-order valence-corrected chi connectivity index (χ3v) is 4.56. The summed E-state index contributed by atoms with van der Waals surface area (Å²) in [5.74, 6) is 0.808. The van der Waals surface area contributed by atoms with Crippen LogP contribution in [0, 0.1) is 0 Å². The van der Waals surface area contributed by atoms with Crippen molar-refractivity contribution in [2.75, 3.05) is 6.54 Å². The van der Waals surface area contributed by atoms with Crippen LogP contribution < -0.4 is 10.1 Å². The number of hydrogen-bond donors (Lipinski definition) is 1. The molecule has 1 amide bonds. The number of hydrogen-bond acceptors (Lipinski definition) is 2. The van der Waals surface area contributed by atoms with Gasteiger partial charge in [-0.1, -0.05) is 34.1 Å². The number of fused-ring (bicyclic) bond motifs is 1. The molecule has 5 heteroatoms. The molecule has 1 aliphatic rings. The van der Waals surface area contributed by atoms with Gasteiger partial charge in [0.1, 0.15) is 11.9 Å². The van der Waals surface area contributed by atoms with E-state index in [-0.39, 0.29) is 12.0 Å². The second-order valence-corrected chi connectivity index (χ2v) is 6.66. The Bertz CT molecular complexity index is 663. The van der Waals surface area contributed by atoms with Gasteiger partial charge >= 0.3 is 0 Å². The average Bonchev–Trinajstić information content (AvgIpc) is 2.90. The number of ether oxygens (including phenoxy) is 1. The Morgan fingerprint density at radius 1 is 1.24 bits per heavy atom. The normalized spacial score (nSPS) is 16.2. The molecule has 1 atom stereocenters. The van der Waals surface area contributed by atoms with Crippen molar-refractivity contribution in [1.29, 1.82) is 0 Å². The molecule has 0 aliphatic carbocycles. The Labute approximate surface area is 140 Å². The van der Waals surface area contributed by atoms with E-state index < -0.39 is 0 Å². The van der Waals surface area contributed by atoms with Crippen molar-refractivity contribution in [3.05, 3.63) is 62.5 Å². The van der Waals surface area contributed by atoms with Crippen molar-refractivity contribution in [2.24, 2.45) is 0 Å². The van der Waals surface area contributed by atoms with Crippen LogP contribution in [0.3, 0.4) is 0 Å². The summed E-state index contributed by atoms with van der Waals surface area (Å²) in [4.78, 5) is 12.2. The Kier molecular flexibility index (Phi) is 4.31. The number of carbonyl (C=O) groups excluding carboxylic acids is 1. The molecule has 0 saturated heterocycles. The van der Waals surface area contributed by atoms with Crippen molar-refractivity contribution in [3.8, 4) is 5.75 Å². The molecular weight excluding hydrogens is 398 g/mol. The van der Waals surface area contributed by atoms with E-state index in [1.807, 2.05) is 30.3 Å². The molecular formula is C16H13Br2NO2. The standard InChI is InChI=1S/C16H13Br2NO2/c17-11-5-6-14(18)13(8-11)16(20)19-9-12-7-10-3-1-2-4-15(10)21-12/h1-6,8,12H,7,9H2,(H,19,20). The Balaban J connectivity index is 1.61. The molecule has 0 saturated carbocycles. The van der Waals surface area contributed by atoms with Crippen LogP contribution >= 0.6 is 31.9 Å². The third kappa shape index (κ3) is 3.30. The highest BCUT2D eigenvalue weighted by Gasteiger charge is 2.23. The van der Waals surface area contributed by atoms with Crippen LogP contribution in [0.5, 0.6) is 5.75 Å². The topological polar surface area (TPSA) is 38.3 Å². The molecule has 0 bridgehead atoms. The van der Waals surface area contributed by atoms with Gasteiger partial charge in [0.25, 0.3) is 5.91 Å². The molecule has 2 aromatic rings. The fourth-order valence-corrected chi connectivity index (χ4v) is 3.13. The van der Waals surface area contributed by atoms with Gasteiger partial charge in [0.05, 0.1) is 12.1 Å². The number of nitrogens with one attached hydrogen (secondary N) is 1. The van der Waals surface area contributed by atoms with Crippen molar-refractivity contribution >= 4 is 37.8 Å². The smallest absolute Gasteiger partial charge is 0.252 e. The van der Waals surface area contributed by atoms with Crippen LogP contribution in [0.4, 0.5) is 0 Å². The van der Waals surface area contributed by atoms with Gasteiger partial charge in [-0.2, -0.15) is 0 Å². The number of halogens is 2. The third-order valence-electron chi connectivity index (χ3n) is 3.38. The number of para-hydroxylation sites is 1. The first-order chi connectivity index (χ1) is 10.1. The van der Waals surface area contributed by atoms with Gasteiger partial charge in [0, 0.05) is 15.4 Å². The summed E-state index contributed by atoms with van der Waals surface area (Å²) in [6.07, 6.45) is 0.827. The molecule has 3 rings (SSSR count). The van der Waals surface area contributed by atoms with E-state index in [4.69, 9.17) is 4.74 Å². The van der Waals surface area contributed by atoms with Crippen LogP contribution in [-0.4, -0.2) is 18.6 Å². The maximum absolute atomic E-state index is 12.2. The monoisotopic (exact) mass is 409 g/mol. The lowest BCUT2D eigenvalue weighted by Crippen LogP contribution is -2.34. The first kappa shape index (κ1) is 14.6. The van der Waals surface area contributed by atoms with Gasteiger partial charge in [-0.15, -0.1) is 0 Å². The molecule has 1 unspecified atom stereocenters. The lowest BCUT2D eigenvalue weighted by atomic mass is 10.1. The summed E-state index contributed by atoms with van der Waals surface area (Å²) in [7, 11) is 0. The Hall–Kier alpha value is -1.33. The maximum atomic E-state index is 12.2. The van der Waals surface area contributed by atoms with Gasteiger partial charge < -0.3 is 10.1 Å². The molecule has 3 nitrogen and oxygen atoms in total. The number of carbonyl (C=O) groups is 1. The minimum Gasteiger partial charge on any atom is -0.488 e. The van der Waals surface area contributed by atoms with Crippen LogP contribution in [0.2, 0.25) is 0 Å². The summed E-state index contributed by atoms with van der Waals surface area (Å²) < 4.78 is 7.46. The fourth-order valence-electron chi connectivity index (χ4n) is 2.34. The van der Waals surface area contributed by atoms with Crippen LogP contribution in [0.1, 0.15) is 15.9 Å². The largest absolute Gasteiger partial charge is 0.488 e. The first-order valence-electron chi connectivity index (χ1n) is 6.61. The van der Waals surface area contributed by atoms with E-state index in [2.05, 4.69) is 43.2 Å². The summed E-state index contributed by atoms with van der Waals surface area (Å²) in [5.41, 5.74) is 1.81. The molecule has 1 N–H and O–H groups in total. The van der Waals surface area contributed by atoms with Crippen LogP contribution in [-0.2, 0) is 6.42 Å². The van der Waals surface area contributed by atoms with Gasteiger partial charge in [-0.25, -0.2) is 0 Å². The van der Waals surface area contributed by atoms with Crippen molar-refractivity contribution in [3.63, 3.8) is 0 Å². The quantitative estimate of drug-likeness (QED) is 0.831. The second-order valence-electron chi connectivity index (χ2n) is 4.89. The molecule has 1 heterocycles. The highest BCUT2D eigenvalue weighted by molar-refractivity contribution is 9.11. The van der Waals surface area contributed by atoms with Gasteiger partial charge in [0.15, 0.2) is 0 Å². The van der Waals surface area contributed by atoms with Gasteiger partial charge in [-0.05, 0) is 45.8 Å². The maximum Gasteiger partial charge on any atom is 0.252 e. The lowest BCUT2D eigenvalue weighted by molar-refractivity contribution is 0.0932. The minimum absolute atomic E-state index is 0.00252. The van der Waals surface area contributed by atoms with Crippen molar-refractivity contribution in [2.45, 2.75) is 12.5 Å². The highest BCUT2D eigenvalue weighted by Crippen LogP contribution is 2.28. The van der Waals surface area contributed by atoms with E-state index in [0.717, 1.165) is 21.1 Å².